The molecule has 2 aliphatic heterocycles. The fraction of sp³-hybridized carbons (Fsp3) is 0.625. The molecule has 0 radical (unpaired) electrons. The van der Waals surface area contributed by atoms with Gasteiger partial charge in [-0.05, 0) is 30.2 Å². The van der Waals surface area contributed by atoms with Crippen molar-refractivity contribution in [2.45, 2.75) is 12.8 Å². The van der Waals surface area contributed by atoms with Gasteiger partial charge in [0.15, 0.2) is 0 Å². The number of anilines is 1. The molecular formula is C16H22N4OS. The Morgan fingerprint density at radius 1 is 1.14 bits per heavy atom. The van der Waals surface area contributed by atoms with Crippen molar-refractivity contribution in [1.29, 1.82) is 0 Å². The zero-order valence-corrected chi connectivity index (χ0v) is 13.6. The monoisotopic (exact) mass is 318 g/mol. The Kier molecular flexibility index (Phi) is 4.23. The Balaban J connectivity index is 1.38. The third kappa shape index (κ3) is 2.95. The van der Waals surface area contributed by atoms with Crippen molar-refractivity contribution in [3.8, 4) is 0 Å². The molecule has 4 rings (SSSR count). The van der Waals surface area contributed by atoms with Crippen LogP contribution in [0.1, 0.15) is 12.8 Å². The number of hydrogen-bond donors (Lipinski definition) is 0. The summed E-state index contributed by atoms with van der Waals surface area (Å²) in [6.07, 6.45) is 4.21. The van der Waals surface area contributed by atoms with Gasteiger partial charge in [-0.25, -0.2) is 9.97 Å². The zero-order chi connectivity index (χ0) is 14.8. The van der Waals surface area contributed by atoms with E-state index in [-0.39, 0.29) is 0 Å². The van der Waals surface area contributed by atoms with Gasteiger partial charge >= 0.3 is 0 Å². The highest BCUT2D eigenvalue weighted by molar-refractivity contribution is 7.17. The van der Waals surface area contributed by atoms with Crippen LogP contribution in [0.2, 0.25) is 0 Å². The molecule has 2 aromatic rings. The van der Waals surface area contributed by atoms with Crippen molar-refractivity contribution in [2.24, 2.45) is 5.92 Å². The maximum Gasteiger partial charge on any atom is 0.150 e. The first-order valence-electron chi connectivity index (χ1n) is 8.13. The summed E-state index contributed by atoms with van der Waals surface area (Å²) in [5.41, 5.74) is 1.07. The van der Waals surface area contributed by atoms with Gasteiger partial charge in [0.25, 0.3) is 0 Å². The normalized spacial score (nSPS) is 21.5. The molecular weight excluding hydrogens is 296 g/mol. The number of ether oxygens (including phenoxy) is 1. The van der Waals surface area contributed by atoms with Crippen LogP contribution in [0.5, 0.6) is 0 Å². The largest absolute Gasteiger partial charge is 0.379 e. The van der Waals surface area contributed by atoms with E-state index in [2.05, 4.69) is 31.2 Å². The van der Waals surface area contributed by atoms with Crippen LogP contribution < -0.4 is 4.90 Å². The molecule has 2 aromatic heterocycles. The lowest BCUT2D eigenvalue weighted by Gasteiger charge is -2.36. The summed E-state index contributed by atoms with van der Waals surface area (Å²) in [5.74, 6) is 1.94. The molecule has 5 nitrogen and oxygen atoms in total. The van der Waals surface area contributed by atoms with E-state index < -0.39 is 0 Å². The second-order valence-electron chi connectivity index (χ2n) is 6.18. The molecule has 0 unspecified atom stereocenters. The number of thiophene rings is 1. The van der Waals surface area contributed by atoms with Crippen LogP contribution in [0.3, 0.4) is 0 Å². The van der Waals surface area contributed by atoms with Gasteiger partial charge in [-0.3, -0.25) is 4.90 Å². The molecule has 4 heterocycles. The summed E-state index contributed by atoms with van der Waals surface area (Å²) in [4.78, 5) is 13.9. The molecule has 0 aromatic carbocycles. The molecule has 0 aliphatic carbocycles. The maximum absolute atomic E-state index is 5.43. The first-order valence-corrected chi connectivity index (χ1v) is 9.01. The van der Waals surface area contributed by atoms with Gasteiger partial charge in [-0.1, -0.05) is 0 Å². The summed E-state index contributed by atoms with van der Waals surface area (Å²) < 4.78 is 6.66. The van der Waals surface area contributed by atoms with E-state index in [0.29, 0.717) is 0 Å². The van der Waals surface area contributed by atoms with Crippen molar-refractivity contribution in [1.82, 2.24) is 14.9 Å². The van der Waals surface area contributed by atoms with Crippen LogP contribution in [0, 0.1) is 5.92 Å². The molecule has 2 aliphatic rings. The van der Waals surface area contributed by atoms with E-state index >= 15 is 0 Å². The first-order chi connectivity index (χ1) is 10.9. The van der Waals surface area contributed by atoms with Crippen LogP contribution in [0.15, 0.2) is 17.8 Å². The van der Waals surface area contributed by atoms with Crippen LogP contribution >= 0.6 is 11.3 Å². The summed E-state index contributed by atoms with van der Waals surface area (Å²) >= 11 is 1.75. The van der Waals surface area contributed by atoms with E-state index in [1.165, 1.54) is 24.1 Å². The van der Waals surface area contributed by atoms with Crippen molar-refractivity contribution in [3.05, 3.63) is 17.8 Å². The second kappa shape index (κ2) is 6.48. The average molecular weight is 318 g/mol. The third-order valence-electron chi connectivity index (χ3n) is 4.76. The maximum atomic E-state index is 5.43. The van der Waals surface area contributed by atoms with Crippen LogP contribution in [0.4, 0.5) is 5.82 Å². The molecule has 6 heteroatoms. The minimum atomic E-state index is 0.815. The third-order valence-corrected chi connectivity index (χ3v) is 5.66. The van der Waals surface area contributed by atoms with Crippen LogP contribution in [-0.4, -0.2) is 60.8 Å². The Labute approximate surface area is 134 Å². The van der Waals surface area contributed by atoms with Crippen LogP contribution in [-0.2, 0) is 4.74 Å². The lowest BCUT2D eigenvalue weighted by Crippen LogP contribution is -2.43. The molecule has 2 fully saturated rings. The molecule has 118 valence electrons. The molecule has 0 spiro atoms. The van der Waals surface area contributed by atoms with Gasteiger partial charge in [-0.15, -0.1) is 11.3 Å². The smallest absolute Gasteiger partial charge is 0.150 e. The van der Waals surface area contributed by atoms with Gasteiger partial charge < -0.3 is 9.64 Å². The van der Waals surface area contributed by atoms with E-state index in [1.54, 1.807) is 17.7 Å². The SMILES string of the molecule is c1nc(N2CCC(CN3CCOCC3)CC2)c2sccc2n1. The molecule has 0 amide bonds. The predicted molar refractivity (Wildman–Crippen MR) is 89.6 cm³/mol. The van der Waals surface area contributed by atoms with Crippen molar-refractivity contribution >= 4 is 27.4 Å². The van der Waals surface area contributed by atoms with Crippen molar-refractivity contribution in [3.63, 3.8) is 0 Å². The van der Waals surface area contributed by atoms with E-state index in [9.17, 15) is 0 Å². The van der Waals surface area contributed by atoms with Gasteiger partial charge in [-0.2, -0.15) is 0 Å². The number of hydrogen-bond acceptors (Lipinski definition) is 6. The Morgan fingerprint density at radius 3 is 2.77 bits per heavy atom. The van der Waals surface area contributed by atoms with Gasteiger partial charge in [0.1, 0.15) is 12.1 Å². The molecule has 2 saturated heterocycles. The zero-order valence-electron chi connectivity index (χ0n) is 12.8. The lowest BCUT2D eigenvalue weighted by atomic mass is 9.96. The fourth-order valence-electron chi connectivity index (χ4n) is 3.48. The average Bonchev–Trinajstić information content (AvgIpc) is 3.05. The van der Waals surface area contributed by atoms with Crippen molar-refractivity contribution in [2.75, 3.05) is 50.8 Å². The highest BCUT2D eigenvalue weighted by Crippen LogP contribution is 2.30. The molecule has 0 bridgehead atoms. The molecule has 0 N–H and O–H groups in total. The number of piperidine rings is 1. The highest BCUT2D eigenvalue weighted by atomic mass is 32.1. The summed E-state index contributed by atoms with van der Waals surface area (Å²) in [7, 11) is 0. The molecule has 22 heavy (non-hydrogen) atoms. The number of nitrogens with zero attached hydrogens (tertiary/aromatic N) is 4. The minimum absolute atomic E-state index is 0.815. The molecule has 0 atom stereocenters. The summed E-state index contributed by atoms with van der Waals surface area (Å²) in [6.45, 7) is 7.45. The fourth-order valence-corrected chi connectivity index (χ4v) is 4.34. The lowest BCUT2D eigenvalue weighted by molar-refractivity contribution is 0.0289. The van der Waals surface area contributed by atoms with E-state index in [4.69, 9.17) is 4.74 Å². The van der Waals surface area contributed by atoms with Gasteiger partial charge in [0.05, 0.1) is 23.4 Å². The van der Waals surface area contributed by atoms with Crippen molar-refractivity contribution < 1.29 is 4.74 Å². The van der Waals surface area contributed by atoms with Crippen LogP contribution in [0.25, 0.3) is 10.2 Å². The standard InChI is InChI=1S/C16H22N4OS/c1-4-20(16-15-14(3-10-22-15)17-12-18-16)5-2-13(1)11-19-6-8-21-9-7-19/h3,10,12-13H,1-2,4-9,11H2. The van der Waals surface area contributed by atoms with E-state index in [1.807, 2.05) is 0 Å². The number of fused-ring (bicyclic) bond motifs is 1. The topological polar surface area (TPSA) is 41.5 Å². The molecule has 0 saturated carbocycles. The minimum Gasteiger partial charge on any atom is -0.379 e. The van der Waals surface area contributed by atoms with Gasteiger partial charge in [0, 0.05) is 32.7 Å². The van der Waals surface area contributed by atoms with Gasteiger partial charge in [0.2, 0.25) is 0 Å². The second-order valence-corrected chi connectivity index (χ2v) is 7.09. The first kappa shape index (κ1) is 14.4. The quantitative estimate of drug-likeness (QED) is 0.868. The highest BCUT2D eigenvalue weighted by Gasteiger charge is 2.24. The Morgan fingerprint density at radius 2 is 1.95 bits per heavy atom. The predicted octanol–water partition coefficient (Wildman–Crippen LogP) is 2.24. The summed E-state index contributed by atoms with van der Waals surface area (Å²) in [6, 6.07) is 2.08. The van der Waals surface area contributed by atoms with E-state index in [0.717, 1.165) is 56.6 Å². The number of rotatable bonds is 3. The Hall–Kier alpha value is -1.24. The summed E-state index contributed by atoms with van der Waals surface area (Å²) in [5, 5.41) is 2.11. The number of aromatic nitrogens is 2. The number of morpholine rings is 1. The Bertz CT molecular complexity index is 617.